The third-order valence-corrected chi connectivity index (χ3v) is 4.76. The molecule has 4 heterocycles. The molecule has 0 aliphatic carbocycles. The number of aromatic nitrogens is 2. The molecule has 1 fully saturated rings. The Morgan fingerprint density at radius 2 is 2.17 bits per heavy atom. The average Bonchev–Trinajstić information content (AvgIpc) is 3.20. The van der Waals surface area contributed by atoms with Crippen molar-refractivity contribution in [2.45, 2.75) is 25.7 Å². The molecule has 0 atom stereocenters. The second-order valence-corrected chi connectivity index (χ2v) is 6.14. The van der Waals surface area contributed by atoms with Crippen LogP contribution in [-0.4, -0.2) is 33.9 Å². The van der Waals surface area contributed by atoms with Crippen molar-refractivity contribution in [2.75, 3.05) is 13.1 Å². The fourth-order valence-corrected chi connectivity index (χ4v) is 3.44. The molecular formula is C18H19N3O2. The minimum absolute atomic E-state index is 0.00606. The molecule has 3 aromatic rings. The Kier molecular flexibility index (Phi) is 3.41. The van der Waals surface area contributed by atoms with Crippen molar-refractivity contribution in [1.29, 1.82) is 0 Å². The summed E-state index contributed by atoms with van der Waals surface area (Å²) in [5, 5.41) is 1.19. The van der Waals surface area contributed by atoms with E-state index in [0.717, 1.165) is 37.1 Å². The number of carbonyl (C=O) groups excluding carboxylic acids is 1. The first-order valence-corrected chi connectivity index (χ1v) is 7.99. The van der Waals surface area contributed by atoms with E-state index in [-0.39, 0.29) is 5.91 Å². The normalized spacial score (nSPS) is 16.1. The number of rotatable bonds is 2. The second-order valence-electron chi connectivity index (χ2n) is 6.14. The Balaban J connectivity index is 1.49. The molecule has 0 bridgehead atoms. The molecule has 0 aromatic carbocycles. The summed E-state index contributed by atoms with van der Waals surface area (Å²) in [7, 11) is 0. The number of furan rings is 1. The number of H-pyrrole nitrogens is 1. The van der Waals surface area contributed by atoms with Crippen molar-refractivity contribution in [1.82, 2.24) is 14.9 Å². The first-order valence-electron chi connectivity index (χ1n) is 7.99. The lowest BCUT2D eigenvalue weighted by molar-refractivity contribution is 0.0680. The van der Waals surface area contributed by atoms with E-state index in [1.54, 1.807) is 12.5 Å². The second kappa shape index (κ2) is 5.57. The summed E-state index contributed by atoms with van der Waals surface area (Å²) in [4.78, 5) is 22.0. The summed E-state index contributed by atoms with van der Waals surface area (Å²) in [6, 6.07) is 5.91. The smallest absolute Gasteiger partial charge is 0.289 e. The Hall–Kier alpha value is -2.56. The fourth-order valence-electron chi connectivity index (χ4n) is 3.44. The number of hydrogen-bond acceptors (Lipinski definition) is 3. The maximum absolute atomic E-state index is 12.5. The van der Waals surface area contributed by atoms with E-state index < -0.39 is 0 Å². The van der Waals surface area contributed by atoms with E-state index in [1.165, 1.54) is 10.9 Å². The van der Waals surface area contributed by atoms with Crippen LogP contribution < -0.4 is 0 Å². The van der Waals surface area contributed by atoms with Gasteiger partial charge in [-0.25, -0.2) is 4.98 Å². The van der Waals surface area contributed by atoms with Crippen LogP contribution in [0.3, 0.4) is 0 Å². The first-order chi connectivity index (χ1) is 11.2. The van der Waals surface area contributed by atoms with Crippen molar-refractivity contribution in [2.24, 2.45) is 0 Å². The van der Waals surface area contributed by atoms with Gasteiger partial charge in [0.1, 0.15) is 5.65 Å². The number of piperidine rings is 1. The van der Waals surface area contributed by atoms with Crippen molar-refractivity contribution in [3.05, 3.63) is 53.7 Å². The highest BCUT2D eigenvalue weighted by Crippen LogP contribution is 2.33. The maximum atomic E-state index is 12.5. The van der Waals surface area contributed by atoms with E-state index in [9.17, 15) is 4.79 Å². The molecule has 1 amide bonds. The van der Waals surface area contributed by atoms with Crippen LogP contribution in [0.5, 0.6) is 0 Å². The fraction of sp³-hybridized carbons (Fsp3) is 0.333. The molecular weight excluding hydrogens is 290 g/mol. The highest BCUT2D eigenvalue weighted by Gasteiger charge is 2.28. The molecule has 4 rings (SSSR count). The van der Waals surface area contributed by atoms with Crippen LogP contribution in [0.25, 0.3) is 11.0 Å². The quantitative estimate of drug-likeness (QED) is 0.788. The number of likely N-dealkylation sites (tertiary alicyclic amines) is 1. The number of aromatic amines is 1. The zero-order chi connectivity index (χ0) is 15.8. The molecule has 5 heteroatoms. The molecule has 1 aliphatic heterocycles. The number of fused-ring (bicyclic) bond motifs is 1. The van der Waals surface area contributed by atoms with E-state index >= 15 is 0 Å². The van der Waals surface area contributed by atoms with Crippen LogP contribution in [0.15, 0.2) is 41.3 Å². The first kappa shape index (κ1) is 14.1. The number of carbonyl (C=O) groups is 1. The van der Waals surface area contributed by atoms with Crippen LogP contribution >= 0.6 is 0 Å². The summed E-state index contributed by atoms with van der Waals surface area (Å²) < 4.78 is 5.33. The predicted octanol–water partition coefficient (Wildman–Crippen LogP) is 3.48. The molecule has 0 spiro atoms. The standard InChI is InChI=1S/C18H19N3O2/c1-12-6-10-23-16(12)18(22)21-8-4-13(5-9-21)15-11-20-17-14(15)3-2-7-19-17/h2-3,6-7,10-11,13H,4-5,8-9H2,1H3,(H,19,20). The zero-order valence-corrected chi connectivity index (χ0v) is 13.1. The van der Waals surface area contributed by atoms with Gasteiger partial charge in [0.2, 0.25) is 0 Å². The lowest BCUT2D eigenvalue weighted by atomic mass is 9.89. The van der Waals surface area contributed by atoms with Gasteiger partial charge in [0.25, 0.3) is 5.91 Å². The number of amides is 1. The third kappa shape index (κ3) is 2.42. The van der Waals surface area contributed by atoms with Gasteiger partial charge in [0, 0.05) is 36.4 Å². The van der Waals surface area contributed by atoms with Gasteiger partial charge in [0.05, 0.1) is 6.26 Å². The van der Waals surface area contributed by atoms with Crippen LogP contribution in [0.2, 0.25) is 0 Å². The Bertz CT molecular complexity index is 841. The van der Waals surface area contributed by atoms with Gasteiger partial charge in [-0.1, -0.05) is 0 Å². The van der Waals surface area contributed by atoms with E-state index in [0.29, 0.717) is 11.7 Å². The lowest BCUT2D eigenvalue weighted by Gasteiger charge is -2.31. The van der Waals surface area contributed by atoms with Crippen LogP contribution in [0, 0.1) is 6.92 Å². The van der Waals surface area contributed by atoms with Gasteiger partial charge in [0.15, 0.2) is 5.76 Å². The summed E-state index contributed by atoms with van der Waals surface area (Å²) >= 11 is 0. The van der Waals surface area contributed by atoms with E-state index in [1.807, 2.05) is 24.0 Å². The number of nitrogens with zero attached hydrogens (tertiary/aromatic N) is 2. The minimum Gasteiger partial charge on any atom is -0.459 e. The van der Waals surface area contributed by atoms with Gasteiger partial charge in [-0.05, 0) is 49.4 Å². The SMILES string of the molecule is Cc1ccoc1C(=O)N1CCC(c2c[nH]c3ncccc23)CC1. The topological polar surface area (TPSA) is 62.1 Å². The molecule has 3 aromatic heterocycles. The van der Waals surface area contributed by atoms with Crippen LogP contribution in [-0.2, 0) is 0 Å². The molecule has 118 valence electrons. The summed E-state index contributed by atoms with van der Waals surface area (Å²) in [5.41, 5.74) is 3.15. The van der Waals surface area contributed by atoms with Crippen molar-refractivity contribution in [3.63, 3.8) is 0 Å². The Labute approximate surface area is 134 Å². The number of nitrogens with one attached hydrogen (secondary N) is 1. The number of hydrogen-bond donors (Lipinski definition) is 1. The molecule has 5 nitrogen and oxygen atoms in total. The largest absolute Gasteiger partial charge is 0.459 e. The van der Waals surface area contributed by atoms with Gasteiger partial charge in [-0.15, -0.1) is 0 Å². The maximum Gasteiger partial charge on any atom is 0.289 e. The predicted molar refractivity (Wildman–Crippen MR) is 87.4 cm³/mol. The Morgan fingerprint density at radius 3 is 2.91 bits per heavy atom. The summed E-state index contributed by atoms with van der Waals surface area (Å²) in [5.74, 6) is 0.945. The zero-order valence-electron chi connectivity index (χ0n) is 13.1. The summed E-state index contributed by atoms with van der Waals surface area (Å²) in [6.07, 6.45) is 7.38. The van der Waals surface area contributed by atoms with Crippen LogP contribution in [0.1, 0.15) is 40.4 Å². The van der Waals surface area contributed by atoms with Gasteiger partial charge in [-0.2, -0.15) is 0 Å². The molecule has 1 aliphatic rings. The van der Waals surface area contributed by atoms with Crippen molar-refractivity contribution >= 4 is 16.9 Å². The Morgan fingerprint density at radius 1 is 1.35 bits per heavy atom. The summed E-state index contributed by atoms with van der Waals surface area (Å²) in [6.45, 7) is 3.43. The molecule has 1 saturated heterocycles. The lowest BCUT2D eigenvalue weighted by Crippen LogP contribution is -2.38. The number of pyridine rings is 1. The van der Waals surface area contributed by atoms with Gasteiger partial charge >= 0.3 is 0 Å². The molecule has 0 unspecified atom stereocenters. The van der Waals surface area contributed by atoms with Gasteiger partial charge < -0.3 is 14.3 Å². The minimum atomic E-state index is 0.00606. The molecule has 1 N–H and O–H groups in total. The van der Waals surface area contributed by atoms with E-state index in [4.69, 9.17) is 4.42 Å². The van der Waals surface area contributed by atoms with Gasteiger partial charge in [-0.3, -0.25) is 4.79 Å². The monoisotopic (exact) mass is 309 g/mol. The highest BCUT2D eigenvalue weighted by molar-refractivity contribution is 5.93. The van der Waals surface area contributed by atoms with Crippen molar-refractivity contribution in [3.8, 4) is 0 Å². The van der Waals surface area contributed by atoms with E-state index in [2.05, 4.69) is 22.2 Å². The molecule has 0 radical (unpaired) electrons. The van der Waals surface area contributed by atoms with Crippen LogP contribution in [0.4, 0.5) is 0 Å². The third-order valence-electron chi connectivity index (χ3n) is 4.76. The molecule has 23 heavy (non-hydrogen) atoms. The molecule has 0 saturated carbocycles. The number of aryl methyl sites for hydroxylation is 1. The average molecular weight is 309 g/mol. The highest BCUT2D eigenvalue weighted by atomic mass is 16.3. The van der Waals surface area contributed by atoms with Crippen molar-refractivity contribution < 1.29 is 9.21 Å².